The minimum absolute atomic E-state index is 0.0289. The maximum Gasteiger partial charge on any atom is 0.417 e. The molecule has 0 amide bonds. The average molecular weight is 194 g/mol. The third-order valence-electron chi connectivity index (χ3n) is 1.88. The van der Waals surface area contributed by atoms with Gasteiger partial charge in [0.2, 0.25) is 0 Å². The lowest BCUT2D eigenvalue weighted by Gasteiger charge is -2.24. The number of hydrazone groups is 1. The number of aliphatic hydroxyl groups is 1. The molecule has 74 valence electrons. The zero-order valence-corrected chi connectivity index (χ0v) is 7.11. The van der Waals surface area contributed by atoms with E-state index < -0.39 is 18.0 Å². The van der Waals surface area contributed by atoms with Crippen LogP contribution < -0.4 is 5.43 Å². The van der Waals surface area contributed by atoms with E-state index in [-0.39, 0.29) is 11.3 Å². The molecule has 0 saturated carbocycles. The van der Waals surface area contributed by atoms with Crippen LogP contribution >= 0.6 is 0 Å². The summed E-state index contributed by atoms with van der Waals surface area (Å²) in [6, 6.07) is 0. The smallest absolute Gasteiger partial charge is 0.368 e. The summed E-state index contributed by atoms with van der Waals surface area (Å²) >= 11 is 0. The van der Waals surface area contributed by atoms with Crippen molar-refractivity contribution < 1.29 is 18.3 Å². The van der Waals surface area contributed by atoms with Crippen molar-refractivity contribution >= 4 is 5.71 Å². The van der Waals surface area contributed by atoms with E-state index in [1.807, 2.05) is 5.43 Å². The van der Waals surface area contributed by atoms with Crippen molar-refractivity contribution in [2.24, 2.45) is 5.10 Å². The van der Waals surface area contributed by atoms with E-state index in [1.54, 1.807) is 0 Å². The minimum atomic E-state index is -4.52. The first kappa shape index (κ1) is 10.0. The highest BCUT2D eigenvalue weighted by atomic mass is 19.4. The molecular formula is C7H9F3N2O. The van der Waals surface area contributed by atoms with Crippen LogP contribution in [-0.4, -0.2) is 23.2 Å². The standard InChI is InChI=1S/C7H9F3N2O/c1-3-4(2)11-12-6(13)5(3)7(8,9)10/h6,12-13H,1-2H3. The van der Waals surface area contributed by atoms with Crippen LogP contribution in [0, 0.1) is 0 Å². The van der Waals surface area contributed by atoms with Gasteiger partial charge in [-0.1, -0.05) is 0 Å². The second-order valence-corrected chi connectivity index (χ2v) is 2.77. The van der Waals surface area contributed by atoms with Crippen LogP contribution in [0.25, 0.3) is 0 Å². The number of allylic oxidation sites excluding steroid dienone is 1. The van der Waals surface area contributed by atoms with E-state index in [9.17, 15) is 13.2 Å². The molecule has 13 heavy (non-hydrogen) atoms. The molecule has 3 nitrogen and oxygen atoms in total. The fourth-order valence-electron chi connectivity index (χ4n) is 1.07. The molecule has 0 saturated heterocycles. The van der Waals surface area contributed by atoms with E-state index in [2.05, 4.69) is 5.10 Å². The Kier molecular flexibility index (Phi) is 2.34. The van der Waals surface area contributed by atoms with Gasteiger partial charge in [-0.15, -0.1) is 0 Å². The Morgan fingerprint density at radius 3 is 2.31 bits per heavy atom. The zero-order chi connectivity index (χ0) is 10.2. The predicted octanol–water partition coefficient (Wildman–Crippen LogP) is 1.16. The van der Waals surface area contributed by atoms with Crippen molar-refractivity contribution in [1.29, 1.82) is 0 Å². The van der Waals surface area contributed by atoms with E-state index in [1.165, 1.54) is 13.8 Å². The normalized spacial score (nSPS) is 24.2. The van der Waals surface area contributed by atoms with E-state index in [0.29, 0.717) is 0 Å². The van der Waals surface area contributed by atoms with Gasteiger partial charge in [-0.3, -0.25) is 5.43 Å². The van der Waals surface area contributed by atoms with Gasteiger partial charge >= 0.3 is 6.18 Å². The Bertz CT molecular complexity index is 280. The third kappa shape index (κ3) is 1.82. The molecule has 0 aliphatic carbocycles. The maximum atomic E-state index is 12.3. The zero-order valence-electron chi connectivity index (χ0n) is 7.11. The number of hydrogen-bond acceptors (Lipinski definition) is 3. The minimum Gasteiger partial charge on any atom is -0.368 e. The van der Waals surface area contributed by atoms with Crippen LogP contribution in [0.15, 0.2) is 16.2 Å². The Morgan fingerprint density at radius 2 is 1.92 bits per heavy atom. The summed E-state index contributed by atoms with van der Waals surface area (Å²) in [4.78, 5) is 0. The lowest BCUT2D eigenvalue weighted by molar-refractivity contribution is -0.109. The molecule has 0 aromatic heterocycles. The number of halogens is 3. The van der Waals surface area contributed by atoms with Crippen molar-refractivity contribution in [1.82, 2.24) is 5.43 Å². The lowest BCUT2D eigenvalue weighted by atomic mass is 10.0. The Hall–Kier alpha value is -1.04. The summed E-state index contributed by atoms with van der Waals surface area (Å²) in [5.74, 6) is 0. The van der Waals surface area contributed by atoms with Crippen molar-refractivity contribution in [3.05, 3.63) is 11.1 Å². The maximum absolute atomic E-state index is 12.3. The quantitative estimate of drug-likeness (QED) is 0.607. The SMILES string of the molecule is CC1=NNC(O)C(C(F)(F)F)=C1C. The van der Waals surface area contributed by atoms with Gasteiger partial charge in [-0.05, 0) is 19.4 Å². The van der Waals surface area contributed by atoms with Crippen LogP contribution in [-0.2, 0) is 0 Å². The summed E-state index contributed by atoms with van der Waals surface area (Å²) in [5.41, 5.74) is 1.22. The van der Waals surface area contributed by atoms with Gasteiger partial charge in [0.1, 0.15) is 0 Å². The molecule has 0 spiro atoms. The first-order chi connectivity index (χ1) is 5.84. The van der Waals surface area contributed by atoms with Crippen LogP contribution in [0.1, 0.15) is 13.8 Å². The molecule has 1 unspecified atom stereocenters. The Morgan fingerprint density at radius 1 is 1.38 bits per heavy atom. The highest BCUT2D eigenvalue weighted by Gasteiger charge is 2.41. The second kappa shape index (κ2) is 3.02. The van der Waals surface area contributed by atoms with Crippen LogP contribution in [0.3, 0.4) is 0 Å². The average Bonchev–Trinajstić information content (AvgIpc) is 1.95. The fourth-order valence-corrected chi connectivity index (χ4v) is 1.07. The second-order valence-electron chi connectivity index (χ2n) is 2.77. The van der Waals surface area contributed by atoms with Crippen molar-refractivity contribution in [3.8, 4) is 0 Å². The Balaban J connectivity index is 3.15. The van der Waals surface area contributed by atoms with Crippen molar-refractivity contribution in [3.63, 3.8) is 0 Å². The molecule has 1 aliphatic rings. The van der Waals surface area contributed by atoms with Crippen LogP contribution in [0.4, 0.5) is 13.2 Å². The monoisotopic (exact) mass is 194 g/mol. The van der Waals surface area contributed by atoms with Gasteiger partial charge in [-0.2, -0.15) is 18.3 Å². The molecule has 0 fully saturated rings. The summed E-state index contributed by atoms with van der Waals surface area (Å²) < 4.78 is 36.9. The van der Waals surface area contributed by atoms with Gasteiger partial charge in [0, 0.05) is 0 Å². The number of rotatable bonds is 0. The first-order valence-corrected chi connectivity index (χ1v) is 3.60. The molecule has 0 aromatic carbocycles. The van der Waals surface area contributed by atoms with Crippen molar-refractivity contribution in [2.75, 3.05) is 0 Å². The van der Waals surface area contributed by atoms with E-state index in [4.69, 9.17) is 5.11 Å². The first-order valence-electron chi connectivity index (χ1n) is 3.60. The van der Waals surface area contributed by atoms with Gasteiger partial charge < -0.3 is 5.11 Å². The number of hydrogen-bond donors (Lipinski definition) is 2. The Labute approximate surface area is 72.9 Å². The highest BCUT2D eigenvalue weighted by Crippen LogP contribution is 2.31. The number of nitrogens with zero attached hydrogens (tertiary/aromatic N) is 1. The molecule has 1 rings (SSSR count). The molecular weight excluding hydrogens is 185 g/mol. The molecule has 0 bridgehead atoms. The van der Waals surface area contributed by atoms with Crippen LogP contribution in [0.2, 0.25) is 0 Å². The molecule has 2 N–H and O–H groups in total. The largest absolute Gasteiger partial charge is 0.417 e. The molecule has 0 radical (unpaired) electrons. The summed E-state index contributed by atoms with van der Waals surface area (Å²) in [6.07, 6.45) is -6.28. The fraction of sp³-hybridized carbons (Fsp3) is 0.571. The topological polar surface area (TPSA) is 44.6 Å². The molecule has 0 aromatic rings. The van der Waals surface area contributed by atoms with Gasteiger partial charge in [-0.25, -0.2) is 0 Å². The van der Waals surface area contributed by atoms with E-state index in [0.717, 1.165) is 0 Å². The van der Waals surface area contributed by atoms with E-state index >= 15 is 0 Å². The molecule has 1 heterocycles. The number of aliphatic hydroxyl groups excluding tert-OH is 1. The lowest BCUT2D eigenvalue weighted by Crippen LogP contribution is -2.38. The van der Waals surface area contributed by atoms with Crippen LogP contribution in [0.5, 0.6) is 0 Å². The summed E-state index contributed by atoms with van der Waals surface area (Å²) in [5, 5.41) is 12.5. The predicted molar refractivity (Wildman–Crippen MR) is 41.0 cm³/mol. The summed E-state index contributed by atoms with van der Waals surface area (Å²) in [7, 11) is 0. The molecule has 1 atom stereocenters. The molecule has 6 heteroatoms. The molecule has 1 aliphatic heterocycles. The van der Waals surface area contributed by atoms with Crippen molar-refractivity contribution in [2.45, 2.75) is 26.3 Å². The summed E-state index contributed by atoms with van der Waals surface area (Å²) in [6.45, 7) is 2.73. The van der Waals surface area contributed by atoms with Gasteiger partial charge in [0.05, 0.1) is 11.3 Å². The highest BCUT2D eigenvalue weighted by molar-refractivity contribution is 5.99. The third-order valence-corrected chi connectivity index (χ3v) is 1.88. The van der Waals surface area contributed by atoms with Gasteiger partial charge in [0.25, 0.3) is 0 Å². The number of alkyl halides is 3. The number of nitrogens with one attached hydrogen (secondary N) is 1. The van der Waals surface area contributed by atoms with Gasteiger partial charge in [0.15, 0.2) is 6.23 Å².